The smallest absolute Gasteiger partial charge is 0.155 e. The first-order chi connectivity index (χ1) is 5.72. The molecule has 0 aromatic rings. The monoisotopic (exact) mass is 174 g/mol. The van der Waals surface area contributed by atoms with E-state index in [2.05, 4.69) is 0 Å². The van der Waals surface area contributed by atoms with Gasteiger partial charge in [-0.3, -0.25) is 0 Å². The maximum absolute atomic E-state index is 13.3. The van der Waals surface area contributed by atoms with Gasteiger partial charge in [-0.15, -0.1) is 0 Å². The highest BCUT2D eigenvalue weighted by atomic mass is 19.1. The fourth-order valence-electron chi connectivity index (χ4n) is 2.65. The number of fused-ring (bicyclic) bond motifs is 1. The van der Waals surface area contributed by atoms with Crippen molar-refractivity contribution in [2.75, 3.05) is 0 Å². The van der Waals surface area contributed by atoms with E-state index in [4.69, 9.17) is 4.74 Å². The largest absolute Gasteiger partial charge is 0.368 e. The number of hydrogen-bond acceptors (Lipinski definition) is 2. The molecule has 1 N–H and O–H groups in total. The van der Waals surface area contributed by atoms with Crippen LogP contribution in [0.5, 0.6) is 0 Å². The van der Waals surface area contributed by atoms with Gasteiger partial charge in [0, 0.05) is 12.8 Å². The van der Waals surface area contributed by atoms with Crippen LogP contribution >= 0.6 is 0 Å². The number of aliphatic hydroxyl groups excluding tert-OH is 1. The summed E-state index contributed by atoms with van der Waals surface area (Å²) in [5, 5.41) is 9.19. The van der Waals surface area contributed by atoms with E-state index in [9.17, 15) is 9.50 Å². The van der Waals surface area contributed by atoms with E-state index in [1.165, 1.54) is 0 Å². The molecule has 12 heavy (non-hydrogen) atoms. The van der Waals surface area contributed by atoms with Crippen molar-refractivity contribution in [2.24, 2.45) is 11.8 Å². The maximum atomic E-state index is 13.3. The molecule has 1 heterocycles. The molecule has 70 valence electrons. The van der Waals surface area contributed by atoms with Crippen molar-refractivity contribution >= 4 is 0 Å². The third kappa shape index (κ3) is 1.15. The molecule has 5 unspecified atom stereocenters. The molecule has 0 aromatic carbocycles. The Balaban J connectivity index is 2.06. The van der Waals surface area contributed by atoms with E-state index in [0.29, 0.717) is 12.8 Å². The third-order valence-corrected chi connectivity index (χ3v) is 3.23. The zero-order valence-electron chi connectivity index (χ0n) is 7.24. The molecule has 0 aromatic heterocycles. The Morgan fingerprint density at radius 2 is 2.25 bits per heavy atom. The molecular weight excluding hydrogens is 159 g/mol. The minimum Gasteiger partial charge on any atom is -0.368 e. The first-order valence-electron chi connectivity index (χ1n) is 4.70. The van der Waals surface area contributed by atoms with Crippen molar-refractivity contribution in [1.82, 2.24) is 0 Å². The van der Waals surface area contributed by atoms with Gasteiger partial charge >= 0.3 is 0 Å². The van der Waals surface area contributed by atoms with E-state index in [-0.39, 0.29) is 17.9 Å². The van der Waals surface area contributed by atoms with Crippen molar-refractivity contribution < 1.29 is 14.2 Å². The number of hydrogen-bond donors (Lipinski definition) is 1. The summed E-state index contributed by atoms with van der Waals surface area (Å²) in [4.78, 5) is 0. The van der Waals surface area contributed by atoms with E-state index < -0.39 is 12.5 Å². The minimum absolute atomic E-state index is 0.0139. The van der Waals surface area contributed by atoms with Gasteiger partial charge in [-0.25, -0.2) is 4.39 Å². The van der Waals surface area contributed by atoms with Crippen LogP contribution in [-0.4, -0.2) is 23.7 Å². The van der Waals surface area contributed by atoms with Gasteiger partial charge in [0.2, 0.25) is 0 Å². The van der Waals surface area contributed by atoms with Crippen LogP contribution in [-0.2, 0) is 4.74 Å². The van der Waals surface area contributed by atoms with Crippen LogP contribution < -0.4 is 0 Å². The van der Waals surface area contributed by atoms with Crippen LogP contribution in [0.25, 0.3) is 0 Å². The SMILES string of the molecule is CCC1C(F)CC2OC(O)CC21. The second kappa shape index (κ2) is 2.96. The second-order valence-electron chi connectivity index (χ2n) is 3.85. The third-order valence-electron chi connectivity index (χ3n) is 3.23. The summed E-state index contributed by atoms with van der Waals surface area (Å²) in [5.74, 6) is 0.382. The number of alkyl halides is 1. The van der Waals surface area contributed by atoms with Crippen LogP contribution in [0, 0.1) is 11.8 Å². The molecule has 1 saturated carbocycles. The lowest BCUT2D eigenvalue weighted by molar-refractivity contribution is -0.0930. The first kappa shape index (κ1) is 8.45. The van der Waals surface area contributed by atoms with Gasteiger partial charge in [-0.2, -0.15) is 0 Å². The molecule has 2 fully saturated rings. The molecule has 2 rings (SSSR count). The van der Waals surface area contributed by atoms with Gasteiger partial charge in [-0.05, 0) is 11.8 Å². The predicted octanol–water partition coefficient (Wildman–Crippen LogP) is 1.48. The lowest BCUT2D eigenvalue weighted by Gasteiger charge is -2.15. The highest BCUT2D eigenvalue weighted by Crippen LogP contribution is 2.45. The minimum atomic E-state index is -0.711. The molecule has 0 spiro atoms. The van der Waals surface area contributed by atoms with Gasteiger partial charge in [-0.1, -0.05) is 13.3 Å². The summed E-state index contributed by atoms with van der Waals surface area (Å²) in [7, 11) is 0. The van der Waals surface area contributed by atoms with Gasteiger partial charge < -0.3 is 9.84 Å². The van der Waals surface area contributed by atoms with Crippen molar-refractivity contribution in [3.8, 4) is 0 Å². The highest BCUT2D eigenvalue weighted by Gasteiger charge is 2.48. The molecule has 2 nitrogen and oxygen atoms in total. The summed E-state index contributed by atoms with van der Waals surface area (Å²) in [6.07, 6.45) is 0.612. The van der Waals surface area contributed by atoms with Gasteiger partial charge in [0.15, 0.2) is 6.29 Å². The summed E-state index contributed by atoms with van der Waals surface area (Å²) in [6.45, 7) is 2.00. The second-order valence-corrected chi connectivity index (χ2v) is 3.85. The fourth-order valence-corrected chi connectivity index (χ4v) is 2.65. The highest BCUT2D eigenvalue weighted by molar-refractivity contribution is 4.95. The van der Waals surface area contributed by atoms with Crippen molar-refractivity contribution in [2.45, 2.75) is 44.8 Å². The van der Waals surface area contributed by atoms with Gasteiger partial charge in [0.25, 0.3) is 0 Å². The summed E-state index contributed by atoms with van der Waals surface area (Å²) >= 11 is 0. The Morgan fingerprint density at radius 3 is 2.92 bits per heavy atom. The number of aliphatic hydroxyl groups is 1. The van der Waals surface area contributed by atoms with Crippen LogP contribution in [0.2, 0.25) is 0 Å². The van der Waals surface area contributed by atoms with Crippen LogP contribution in [0.15, 0.2) is 0 Å². The standard InChI is InChI=1S/C9H15FO2/c1-2-5-6-3-9(11)12-8(6)4-7(5)10/h5-9,11H,2-4H2,1H3. The average molecular weight is 174 g/mol. The van der Waals surface area contributed by atoms with Crippen molar-refractivity contribution in [3.05, 3.63) is 0 Å². The van der Waals surface area contributed by atoms with E-state index in [1.54, 1.807) is 0 Å². The fraction of sp³-hybridized carbons (Fsp3) is 1.00. The average Bonchev–Trinajstić information content (AvgIpc) is 2.43. The normalized spacial score (nSPS) is 52.8. The van der Waals surface area contributed by atoms with Gasteiger partial charge in [0.1, 0.15) is 6.17 Å². The Bertz CT molecular complexity index is 174. The molecule has 1 aliphatic heterocycles. The van der Waals surface area contributed by atoms with E-state index in [0.717, 1.165) is 6.42 Å². The number of rotatable bonds is 1. The van der Waals surface area contributed by atoms with Crippen LogP contribution in [0.4, 0.5) is 4.39 Å². The summed E-state index contributed by atoms with van der Waals surface area (Å²) in [6, 6.07) is 0. The lowest BCUT2D eigenvalue weighted by atomic mass is 9.90. The molecule has 3 heteroatoms. The lowest BCUT2D eigenvalue weighted by Crippen LogP contribution is -2.16. The number of ether oxygens (including phenoxy) is 1. The van der Waals surface area contributed by atoms with E-state index >= 15 is 0 Å². The molecule has 0 radical (unpaired) electrons. The van der Waals surface area contributed by atoms with Gasteiger partial charge in [0.05, 0.1) is 6.10 Å². The zero-order valence-corrected chi connectivity index (χ0v) is 7.24. The molecular formula is C9H15FO2. The molecule has 1 saturated heterocycles. The quantitative estimate of drug-likeness (QED) is 0.652. The van der Waals surface area contributed by atoms with Crippen molar-refractivity contribution in [1.29, 1.82) is 0 Å². The Kier molecular flexibility index (Phi) is 2.09. The van der Waals surface area contributed by atoms with Crippen LogP contribution in [0.3, 0.4) is 0 Å². The Morgan fingerprint density at radius 1 is 1.50 bits per heavy atom. The predicted molar refractivity (Wildman–Crippen MR) is 42.3 cm³/mol. The van der Waals surface area contributed by atoms with Crippen LogP contribution in [0.1, 0.15) is 26.2 Å². The summed E-state index contributed by atoms with van der Waals surface area (Å²) < 4.78 is 18.5. The first-order valence-corrected chi connectivity index (χ1v) is 4.70. The maximum Gasteiger partial charge on any atom is 0.155 e. The molecule has 0 bridgehead atoms. The zero-order chi connectivity index (χ0) is 8.72. The molecule has 2 aliphatic rings. The molecule has 1 aliphatic carbocycles. The topological polar surface area (TPSA) is 29.5 Å². The Labute approximate surface area is 71.7 Å². The number of halogens is 1. The van der Waals surface area contributed by atoms with E-state index in [1.807, 2.05) is 6.92 Å². The molecule has 5 atom stereocenters. The molecule has 0 amide bonds. The Hall–Kier alpha value is -0.150. The van der Waals surface area contributed by atoms with Crippen molar-refractivity contribution in [3.63, 3.8) is 0 Å². The summed E-state index contributed by atoms with van der Waals surface area (Å²) in [5.41, 5.74) is 0.